The van der Waals surface area contributed by atoms with Crippen molar-refractivity contribution >= 4 is 0 Å². The number of hydrogen-bond acceptors (Lipinski definition) is 3. The molecule has 3 unspecified atom stereocenters. The van der Waals surface area contributed by atoms with Crippen molar-refractivity contribution in [3.8, 4) is 0 Å². The first kappa shape index (κ1) is 14.9. The lowest BCUT2D eigenvalue weighted by Crippen LogP contribution is -2.53. The first-order valence-corrected chi connectivity index (χ1v) is 6.04. The zero-order valence-corrected chi connectivity index (χ0v) is 10.9. The van der Waals surface area contributed by atoms with Crippen molar-refractivity contribution in [3.63, 3.8) is 0 Å². The van der Waals surface area contributed by atoms with Crippen LogP contribution in [0.4, 0.5) is 0 Å². The molecule has 0 heterocycles. The van der Waals surface area contributed by atoms with Crippen LogP contribution in [0.1, 0.15) is 40.5 Å². The average molecular weight is 216 g/mol. The maximum absolute atomic E-state index is 9.41. The molecule has 3 nitrogen and oxygen atoms in total. The van der Waals surface area contributed by atoms with Crippen molar-refractivity contribution in [3.05, 3.63) is 0 Å². The summed E-state index contributed by atoms with van der Waals surface area (Å²) in [6.45, 7) is 8.72. The third-order valence-corrected chi connectivity index (χ3v) is 3.33. The lowest BCUT2D eigenvalue weighted by Gasteiger charge is -2.37. The van der Waals surface area contributed by atoms with E-state index in [4.69, 9.17) is 5.73 Å². The Hall–Kier alpha value is -0.120. The van der Waals surface area contributed by atoms with E-state index < -0.39 is 0 Å². The Morgan fingerprint density at radius 1 is 1.27 bits per heavy atom. The molecule has 0 spiro atoms. The lowest BCUT2D eigenvalue weighted by molar-refractivity contribution is 0.0816. The van der Waals surface area contributed by atoms with Gasteiger partial charge < -0.3 is 10.8 Å². The summed E-state index contributed by atoms with van der Waals surface area (Å²) in [6.07, 6.45) is 2.32. The molecule has 3 heteroatoms. The Morgan fingerprint density at radius 3 is 2.13 bits per heavy atom. The molecule has 15 heavy (non-hydrogen) atoms. The summed E-state index contributed by atoms with van der Waals surface area (Å²) < 4.78 is 0. The van der Waals surface area contributed by atoms with Crippen molar-refractivity contribution < 1.29 is 5.11 Å². The Bertz CT molecular complexity index is 162. The molecule has 0 radical (unpaired) electrons. The highest BCUT2D eigenvalue weighted by atomic mass is 16.3. The highest BCUT2D eigenvalue weighted by Crippen LogP contribution is 2.14. The van der Waals surface area contributed by atoms with Crippen LogP contribution in [-0.2, 0) is 0 Å². The van der Waals surface area contributed by atoms with Gasteiger partial charge in [-0.05, 0) is 26.3 Å². The number of nitrogens with two attached hydrogens (primary N) is 1. The molecule has 92 valence electrons. The zero-order valence-electron chi connectivity index (χ0n) is 10.9. The van der Waals surface area contributed by atoms with Crippen LogP contribution in [-0.4, -0.2) is 41.8 Å². The fraction of sp³-hybridized carbons (Fsp3) is 1.00. The molecule has 0 aromatic rings. The molecule has 3 N–H and O–H groups in total. The molecule has 0 aromatic heterocycles. The summed E-state index contributed by atoms with van der Waals surface area (Å²) >= 11 is 0. The molecular weight excluding hydrogens is 188 g/mol. The molecule has 0 aliphatic heterocycles. The smallest absolute Gasteiger partial charge is 0.0602 e. The molecule has 0 saturated heterocycles. The topological polar surface area (TPSA) is 49.5 Å². The maximum Gasteiger partial charge on any atom is 0.0602 e. The quantitative estimate of drug-likeness (QED) is 0.677. The van der Waals surface area contributed by atoms with Gasteiger partial charge in [0.1, 0.15) is 0 Å². The molecule has 3 atom stereocenters. The van der Waals surface area contributed by atoms with Gasteiger partial charge in [0, 0.05) is 18.1 Å². The van der Waals surface area contributed by atoms with Gasteiger partial charge in [-0.1, -0.05) is 27.2 Å². The normalized spacial score (nSPS) is 18.2. The summed E-state index contributed by atoms with van der Waals surface area (Å²) in [5, 5.41) is 9.41. The van der Waals surface area contributed by atoms with Gasteiger partial charge in [0.15, 0.2) is 0 Å². The minimum absolute atomic E-state index is 0.0410. The summed E-state index contributed by atoms with van der Waals surface area (Å²) in [4.78, 5) is 2.22. The Balaban J connectivity index is 4.38. The predicted molar refractivity (Wildman–Crippen MR) is 65.8 cm³/mol. The lowest BCUT2D eigenvalue weighted by atomic mass is 9.95. The van der Waals surface area contributed by atoms with Crippen LogP contribution in [0.15, 0.2) is 0 Å². The van der Waals surface area contributed by atoms with Gasteiger partial charge >= 0.3 is 0 Å². The standard InChI is InChI=1S/C12H28N2O/c1-6-7-10(4)14(5)11(8-15)12(13)9(2)3/h9-12,15H,6-8,13H2,1-5H3. The SMILES string of the molecule is CCCC(C)N(C)C(CO)C(N)C(C)C. The van der Waals surface area contributed by atoms with Gasteiger partial charge in [0.25, 0.3) is 0 Å². The van der Waals surface area contributed by atoms with Crippen LogP contribution < -0.4 is 5.73 Å². The van der Waals surface area contributed by atoms with Gasteiger partial charge in [0.05, 0.1) is 6.61 Å². The Kier molecular flexibility index (Phi) is 7.14. The highest BCUT2D eigenvalue weighted by molar-refractivity contribution is 4.84. The van der Waals surface area contributed by atoms with Gasteiger partial charge in [-0.3, -0.25) is 4.90 Å². The van der Waals surface area contributed by atoms with Gasteiger partial charge in [-0.2, -0.15) is 0 Å². The number of aliphatic hydroxyl groups is 1. The average Bonchev–Trinajstić information content (AvgIpc) is 2.18. The van der Waals surface area contributed by atoms with E-state index in [1.54, 1.807) is 0 Å². The third kappa shape index (κ3) is 4.49. The number of rotatable bonds is 7. The molecule has 0 rings (SSSR count). The minimum atomic E-state index is 0.0410. The predicted octanol–water partition coefficient (Wildman–Crippen LogP) is 1.45. The van der Waals surface area contributed by atoms with Crippen molar-refractivity contribution in [2.75, 3.05) is 13.7 Å². The number of aliphatic hydroxyl groups excluding tert-OH is 1. The van der Waals surface area contributed by atoms with Crippen molar-refractivity contribution in [1.29, 1.82) is 0 Å². The fourth-order valence-electron chi connectivity index (χ4n) is 1.91. The van der Waals surface area contributed by atoms with E-state index in [-0.39, 0.29) is 18.7 Å². The molecule has 0 aliphatic rings. The Labute approximate surface area is 94.6 Å². The van der Waals surface area contributed by atoms with Crippen LogP contribution in [0.25, 0.3) is 0 Å². The molecule has 0 amide bonds. The van der Waals surface area contributed by atoms with Crippen LogP contribution in [0.2, 0.25) is 0 Å². The van der Waals surface area contributed by atoms with Crippen LogP contribution in [0.5, 0.6) is 0 Å². The van der Waals surface area contributed by atoms with Gasteiger partial charge in [0.2, 0.25) is 0 Å². The second-order valence-corrected chi connectivity index (χ2v) is 4.87. The number of hydrogen-bond donors (Lipinski definition) is 2. The van der Waals surface area contributed by atoms with Gasteiger partial charge in [-0.25, -0.2) is 0 Å². The number of likely N-dealkylation sites (N-methyl/N-ethyl adjacent to an activating group) is 1. The fourth-order valence-corrected chi connectivity index (χ4v) is 1.91. The van der Waals surface area contributed by atoms with E-state index in [1.165, 1.54) is 6.42 Å². The molecule has 0 aliphatic carbocycles. The van der Waals surface area contributed by atoms with E-state index in [0.717, 1.165) is 6.42 Å². The third-order valence-electron chi connectivity index (χ3n) is 3.33. The minimum Gasteiger partial charge on any atom is -0.395 e. The van der Waals surface area contributed by atoms with Crippen molar-refractivity contribution in [2.45, 2.75) is 58.7 Å². The zero-order chi connectivity index (χ0) is 12.0. The second-order valence-electron chi connectivity index (χ2n) is 4.87. The summed E-state index contributed by atoms with van der Waals surface area (Å²) in [5.74, 6) is 0.401. The van der Waals surface area contributed by atoms with E-state index >= 15 is 0 Å². The maximum atomic E-state index is 9.41. The largest absolute Gasteiger partial charge is 0.395 e. The van der Waals surface area contributed by atoms with E-state index in [9.17, 15) is 5.11 Å². The molecule has 0 saturated carbocycles. The van der Waals surface area contributed by atoms with E-state index in [2.05, 4.69) is 39.6 Å². The van der Waals surface area contributed by atoms with Crippen LogP contribution >= 0.6 is 0 Å². The molecule has 0 aromatic carbocycles. The van der Waals surface area contributed by atoms with Crippen molar-refractivity contribution in [2.24, 2.45) is 11.7 Å². The summed E-state index contributed by atoms with van der Waals surface area (Å²) in [7, 11) is 2.06. The monoisotopic (exact) mass is 216 g/mol. The highest BCUT2D eigenvalue weighted by Gasteiger charge is 2.26. The molecule has 0 bridgehead atoms. The first-order chi connectivity index (χ1) is 6.95. The van der Waals surface area contributed by atoms with Crippen LogP contribution in [0, 0.1) is 5.92 Å². The summed E-state index contributed by atoms with van der Waals surface area (Å²) in [6, 6.07) is 0.600. The van der Waals surface area contributed by atoms with Crippen LogP contribution in [0.3, 0.4) is 0 Å². The van der Waals surface area contributed by atoms with Gasteiger partial charge in [-0.15, -0.1) is 0 Å². The summed E-state index contributed by atoms with van der Waals surface area (Å²) in [5.41, 5.74) is 6.10. The first-order valence-electron chi connectivity index (χ1n) is 6.04. The second kappa shape index (κ2) is 7.20. The molecule has 0 fully saturated rings. The number of nitrogens with zero attached hydrogens (tertiary/aromatic N) is 1. The van der Waals surface area contributed by atoms with E-state index in [0.29, 0.717) is 12.0 Å². The van der Waals surface area contributed by atoms with E-state index in [1.807, 2.05) is 0 Å². The van der Waals surface area contributed by atoms with Crippen molar-refractivity contribution in [1.82, 2.24) is 4.90 Å². The Morgan fingerprint density at radius 2 is 1.80 bits per heavy atom. The molecular formula is C12H28N2O.